The minimum Gasteiger partial charge on any atom is -0.484 e. The Kier molecular flexibility index (Phi) is 15.4. The third-order valence-electron chi connectivity index (χ3n) is 8.90. The summed E-state index contributed by atoms with van der Waals surface area (Å²) in [5.41, 5.74) is -1.07. The van der Waals surface area contributed by atoms with Crippen molar-refractivity contribution in [3.8, 4) is 11.5 Å². The van der Waals surface area contributed by atoms with Crippen LogP contribution in [0.1, 0.15) is 71.6 Å². The molecule has 0 radical (unpaired) electrons. The van der Waals surface area contributed by atoms with Crippen LogP contribution in [0.25, 0.3) is 10.9 Å². The van der Waals surface area contributed by atoms with Crippen LogP contribution in [-0.2, 0) is 20.8 Å². The van der Waals surface area contributed by atoms with Crippen molar-refractivity contribution in [3.63, 3.8) is 0 Å². The molecule has 324 valence electrons. The van der Waals surface area contributed by atoms with Gasteiger partial charge < -0.3 is 49.3 Å². The zero-order chi connectivity index (χ0) is 43.8. The van der Waals surface area contributed by atoms with E-state index < -0.39 is 58.3 Å². The molecular formula is C43H52ClFN4O10S. The molecule has 1 aliphatic rings. The van der Waals surface area contributed by atoms with Gasteiger partial charge in [-0.2, -0.15) is 0 Å². The summed E-state index contributed by atoms with van der Waals surface area (Å²) in [7, 11) is 0. The molecule has 2 heterocycles. The monoisotopic (exact) mass is 870 g/mol. The predicted octanol–water partition coefficient (Wildman–Crippen LogP) is 6.78. The Morgan fingerprint density at radius 1 is 0.917 bits per heavy atom. The van der Waals surface area contributed by atoms with Gasteiger partial charge in [0.1, 0.15) is 39.9 Å². The van der Waals surface area contributed by atoms with Gasteiger partial charge in [-0.25, -0.2) is 14.0 Å². The average molecular weight is 871 g/mol. The summed E-state index contributed by atoms with van der Waals surface area (Å²) in [5, 5.41) is 28.0. The number of benzene rings is 3. The number of aliphatic hydroxyl groups is 2. The number of fused-ring (bicyclic) bond motifs is 3. The predicted molar refractivity (Wildman–Crippen MR) is 226 cm³/mol. The lowest BCUT2D eigenvalue weighted by Gasteiger charge is -2.34. The van der Waals surface area contributed by atoms with Crippen LogP contribution in [-0.4, -0.2) is 93.3 Å². The largest absolute Gasteiger partial charge is 0.484 e. The molecule has 1 aliphatic heterocycles. The molecule has 1 aromatic heterocycles. The first kappa shape index (κ1) is 46.0. The number of aliphatic hydroxyl groups excluding tert-OH is 2. The Morgan fingerprint density at radius 3 is 2.23 bits per heavy atom. The molecule has 0 spiro atoms. The Labute approximate surface area is 357 Å². The number of alkyl carbamates (subject to hydrolysis) is 1. The van der Waals surface area contributed by atoms with Crippen LogP contribution in [0.3, 0.4) is 0 Å². The molecule has 14 nitrogen and oxygen atoms in total. The van der Waals surface area contributed by atoms with E-state index in [9.17, 15) is 33.8 Å². The molecule has 4 aromatic rings. The van der Waals surface area contributed by atoms with Crippen molar-refractivity contribution in [3.05, 3.63) is 99.1 Å². The van der Waals surface area contributed by atoms with E-state index in [1.54, 1.807) is 96.1 Å². The molecule has 3 amide bonds. The van der Waals surface area contributed by atoms with Crippen LogP contribution in [0.2, 0.25) is 5.02 Å². The number of pyridine rings is 1. The van der Waals surface area contributed by atoms with Gasteiger partial charge in [0.15, 0.2) is 6.61 Å². The van der Waals surface area contributed by atoms with Crippen LogP contribution in [0.15, 0.2) is 76.4 Å². The van der Waals surface area contributed by atoms with Crippen LogP contribution in [0, 0.1) is 5.82 Å². The van der Waals surface area contributed by atoms with Crippen LogP contribution in [0.5, 0.6) is 11.5 Å². The van der Waals surface area contributed by atoms with Crippen LogP contribution in [0.4, 0.5) is 14.0 Å². The van der Waals surface area contributed by atoms with E-state index in [0.29, 0.717) is 45.8 Å². The van der Waals surface area contributed by atoms with Crippen LogP contribution >= 0.6 is 23.4 Å². The van der Waals surface area contributed by atoms with Gasteiger partial charge >= 0.3 is 12.2 Å². The normalized spacial score (nSPS) is 16.3. The van der Waals surface area contributed by atoms with Gasteiger partial charge in [-0.05, 0) is 102 Å². The number of aromatic nitrogens is 1. The third-order valence-corrected chi connectivity index (χ3v) is 10.4. The van der Waals surface area contributed by atoms with Gasteiger partial charge in [0, 0.05) is 47.5 Å². The number of amides is 3. The second-order valence-corrected chi connectivity index (χ2v) is 17.9. The number of rotatable bonds is 15. The van der Waals surface area contributed by atoms with Crippen molar-refractivity contribution in [2.45, 2.75) is 94.7 Å². The molecule has 5 rings (SSSR count). The van der Waals surface area contributed by atoms with Gasteiger partial charge in [-0.15, -0.1) is 11.8 Å². The fourth-order valence-electron chi connectivity index (χ4n) is 6.25. The summed E-state index contributed by atoms with van der Waals surface area (Å²) in [6.45, 7) is 11.3. The lowest BCUT2D eigenvalue weighted by atomic mass is 9.99. The highest BCUT2D eigenvalue weighted by Gasteiger charge is 2.41. The molecule has 60 heavy (non-hydrogen) atoms. The minimum absolute atomic E-state index is 0.00518. The van der Waals surface area contributed by atoms with Gasteiger partial charge in [0.25, 0.3) is 11.5 Å². The van der Waals surface area contributed by atoms with Crippen molar-refractivity contribution in [1.29, 1.82) is 0 Å². The van der Waals surface area contributed by atoms with E-state index >= 15 is 0 Å². The maximum atomic E-state index is 14.3. The maximum absolute atomic E-state index is 14.3. The molecule has 17 heteroatoms. The van der Waals surface area contributed by atoms with E-state index in [0.717, 1.165) is 11.8 Å². The topological polar surface area (TPSA) is 178 Å². The second kappa shape index (κ2) is 20.0. The summed E-state index contributed by atoms with van der Waals surface area (Å²) in [4.78, 5) is 54.3. The number of hydrogen-bond donors (Lipinski definition) is 4. The quantitative estimate of drug-likeness (QED) is 0.0926. The van der Waals surface area contributed by atoms with E-state index in [-0.39, 0.29) is 49.8 Å². The molecule has 3 aromatic carbocycles. The highest BCUT2D eigenvalue weighted by Crippen LogP contribution is 2.44. The number of nitrogens with one attached hydrogen (secondary N) is 2. The first-order chi connectivity index (χ1) is 28.3. The minimum atomic E-state index is -1.50. The first-order valence-electron chi connectivity index (χ1n) is 19.5. The lowest BCUT2D eigenvalue weighted by molar-refractivity contribution is -0.123. The molecule has 4 N–H and O–H groups in total. The number of hydrogen-bond acceptors (Lipinski definition) is 11. The molecule has 0 fully saturated rings. The Morgan fingerprint density at radius 2 is 1.58 bits per heavy atom. The highest BCUT2D eigenvalue weighted by molar-refractivity contribution is 8.00. The summed E-state index contributed by atoms with van der Waals surface area (Å²) in [5.74, 6) is -0.629. The number of ether oxygens (including phenoxy) is 4. The smallest absolute Gasteiger partial charge is 0.410 e. The molecule has 3 atom stereocenters. The first-order valence-corrected chi connectivity index (χ1v) is 20.8. The second-order valence-electron chi connectivity index (χ2n) is 16.2. The zero-order valence-electron chi connectivity index (χ0n) is 34.5. The SMILES string of the molecule is CC(C)(C)OC(=O)NCCCN(CCCNC(=O)COc1ccc2c3c(c(=O)n(Cc4ccc(F)cc4)c2c1)C(O)C(Sc1cccc(Cl)c1)C(O)O3)C(=O)OC(C)(C)C. The van der Waals surface area contributed by atoms with Gasteiger partial charge in [0.2, 0.25) is 6.29 Å². The Hall–Kier alpha value is -5.03. The van der Waals surface area contributed by atoms with Crippen molar-refractivity contribution in [2.75, 3.05) is 32.8 Å². The molecule has 0 bridgehead atoms. The highest BCUT2D eigenvalue weighted by atomic mass is 35.5. The average Bonchev–Trinajstić information content (AvgIpc) is 3.15. The molecule has 0 saturated heterocycles. The molecular weight excluding hydrogens is 819 g/mol. The summed E-state index contributed by atoms with van der Waals surface area (Å²) in [6, 6.07) is 17.3. The molecule has 0 aliphatic carbocycles. The van der Waals surface area contributed by atoms with Crippen molar-refractivity contribution >= 4 is 52.4 Å². The standard InChI is InChI=1S/C43H52ClFN4O10S/c1-42(2,3)58-40(54)47-19-9-21-48(41(55)59-43(4,5)6)20-8-18-46-33(50)25-56-29-16-17-31-32(23-29)49(24-26-12-14-28(45)15-13-26)38(52)34-35(51)37(39(53)57-36(31)34)60-30-11-7-10-27(44)22-30/h7,10-17,22-23,35,37,39,51,53H,8-9,18-21,24-25H2,1-6H3,(H,46,50)(H,47,54). The van der Waals surface area contributed by atoms with E-state index in [1.165, 1.54) is 21.6 Å². The van der Waals surface area contributed by atoms with E-state index in [2.05, 4.69) is 10.6 Å². The van der Waals surface area contributed by atoms with Gasteiger partial charge in [-0.1, -0.05) is 29.8 Å². The third kappa shape index (κ3) is 13.0. The zero-order valence-corrected chi connectivity index (χ0v) is 36.0. The fraction of sp³-hybridized carbons (Fsp3) is 0.442. The number of halogens is 2. The number of carbonyl (C=O) groups excluding carboxylic acids is 3. The van der Waals surface area contributed by atoms with E-state index in [4.69, 9.17) is 30.5 Å². The number of nitrogens with zero attached hydrogens (tertiary/aromatic N) is 2. The maximum Gasteiger partial charge on any atom is 0.410 e. The summed E-state index contributed by atoms with van der Waals surface area (Å²) in [6.07, 6.45) is -3.16. The van der Waals surface area contributed by atoms with Gasteiger partial charge in [0.05, 0.1) is 17.6 Å². The number of carbonyl (C=O) groups is 3. The molecule has 3 unspecified atom stereocenters. The Balaban J connectivity index is 1.26. The summed E-state index contributed by atoms with van der Waals surface area (Å²) >= 11 is 7.28. The van der Waals surface area contributed by atoms with Crippen molar-refractivity contribution in [1.82, 2.24) is 20.1 Å². The number of thioether (sulfide) groups is 1. The molecule has 0 saturated carbocycles. The lowest BCUT2D eigenvalue weighted by Crippen LogP contribution is -2.42. The van der Waals surface area contributed by atoms with Crippen molar-refractivity contribution < 1.29 is 47.9 Å². The fourth-order valence-corrected chi connectivity index (χ4v) is 7.61. The Bertz CT molecular complexity index is 2210. The van der Waals surface area contributed by atoms with Crippen molar-refractivity contribution in [2.24, 2.45) is 0 Å². The van der Waals surface area contributed by atoms with Gasteiger partial charge in [-0.3, -0.25) is 9.59 Å². The summed E-state index contributed by atoms with van der Waals surface area (Å²) < 4.78 is 37.8. The van der Waals surface area contributed by atoms with E-state index in [1.807, 2.05) is 0 Å². The van der Waals surface area contributed by atoms with Crippen LogP contribution < -0.4 is 25.7 Å².